The van der Waals surface area contributed by atoms with Crippen LogP contribution in [0.5, 0.6) is 11.6 Å². The third-order valence-electron chi connectivity index (χ3n) is 5.77. The van der Waals surface area contributed by atoms with Gasteiger partial charge >= 0.3 is 6.03 Å². The van der Waals surface area contributed by atoms with E-state index in [4.69, 9.17) is 33.7 Å². The highest BCUT2D eigenvalue weighted by atomic mass is 35.5. The van der Waals surface area contributed by atoms with Gasteiger partial charge in [-0.25, -0.2) is 9.89 Å². The molecule has 1 saturated carbocycles. The van der Waals surface area contributed by atoms with Crippen LogP contribution in [-0.4, -0.2) is 22.1 Å². The standard InChI is InChI=1S/C23H18Cl2N6O3/c1-12-20(26)30-31(22(33)27-12)14-9-16(24)19(17(25)10-14)34-18-11-15(21(32)29-28-18)23(7-8-23)13-5-3-2-4-6-13/h2-6,9-11H,1,7-8H2,(H2,26,30)(H,27,33)(H,29,32). The Balaban J connectivity index is 1.47. The molecule has 2 heterocycles. The van der Waals surface area contributed by atoms with E-state index in [0.29, 0.717) is 5.56 Å². The van der Waals surface area contributed by atoms with Gasteiger partial charge in [0.15, 0.2) is 11.6 Å². The van der Waals surface area contributed by atoms with Crippen molar-refractivity contribution in [3.63, 3.8) is 0 Å². The average Bonchev–Trinajstić information content (AvgIpc) is 3.62. The molecular formula is C23H18Cl2N6O3. The number of benzene rings is 2. The van der Waals surface area contributed by atoms with E-state index >= 15 is 0 Å². The smallest absolute Gasteiger partial charge is 0.347 e. The van der Waals surface area contributed by atoms with Gasteiger partial charge in [0.2, 0.25) is 5.88 Å². The summed E-state index contributed by atoms with van der Waals surface area (Å²) in [4.78, 5) is 24.9. The molecule has 11 heteroatoms. The number of aromatic amines is 1. The van der Waals surface area contributed by atoms with Crippen molar-refractivity contribution >= 4 is 40.8 Å². The van der Waals surface area contributed by atoms with Crippen molar-refractivity contribution in [1.82, 2.24) is 15.5 Å². The zero-order valence-electron chi connectivity index (χ0n) is 17.6. The lowest BCUT2D eigenvalue weighted by molar-refractivity contribution is 0.248. The number of carbonyl (C=O) groups is 1. The number of nitrogens with zero attached hydrogens (tertiary/aromatic N) is 3. The van der Waals surface area contributed by atoms with Gasteiger partial charge in [-0.05, 0) is 30.5 Å². The summed E-state index contributed by atoms with van der Waals surface area (Å²) in [6, 6.07) is 13.8. The lowest BCUT2D eigenvalue weighted by atomic mass is 9.89. The second-order valence-corrected chi connectivity index (χ2v) is 8.76. The van der Waals surface area contributed by atoms with Crippen molar-refractivity contribution in [1.29, 1.82) is 0 Å². The number of hydrazone groups is 1. The van der Waals surface area contributed by atoms with E-state index in [9.17, 15) is 9.59 Å². The second-order valence-electron chi connectivity index (χ2n) is 7.94. The lowest BCUT2D eigenvalue weighted by Crippen LogP contribution is -2.45. The van der Waals surface area contributed by atoms with Crippen molar-refractivity contribution in [3.8, 4) is 11.6 Å². The number of carbonyl (C=O) groups excluding carboxylic acids is 1. The quantitative estimate of drug-likeness (QED) is 0.486. The second kappa shape index (κ2) is 8.19. The summed E-state index contributed by atoms with van der Waals surface area (Å²) in [5.41, 5.74) is 7.17. The molecule has 0 radical (unpaired) electrons. The summed E-state index contributed by atoms with van der Waals surface area (Å²) in [5, 5.41) is 14.2. The number of anilines is 1. The molecule has 0 saturated heterocycles. The van der Waals surface area contributed by atoms with Crippen LogP contribution in [0.4, 0.5) is 10.5 Å². The van der Waals surface area contributed by atoms with Crippen molar-refractivity contribution in [2.24, 2.45) is 10.8 Å². The van der Waals surface area contributed by atoms with E-state index in [1.54, 1.807) is 6.07 Å². The van der Waals surface area contributed by atoms with Crippen LogP contribution in [0.25, 0.3) is 0 Å². The molecule has 0 spiro atoms. The van der Waals surface area contributed by atoms with E-state index in [0.717, 1.165) is 23.4 Å². The van der Waals surface area contributed by atoms with Gasteiger partial charge in [-0.1, -0.05) is 60.1 Å². The van der Waals surface area contributed by atoms with E-state index < -0.39 is 6.03 Å². The number of halogens is 2. The van der Waals surface area contributed by atoms with Gasteiger partial charge < -0.3 is 15.8 Å². The molecule has 0 atom stereocenters. The first-order chi connectivity index (χ1) is 16.3. The first-order valence-corrected chi connectivity index (χ1v) is 11.0. The molecule has 5 rings (SSSR count). The monoisotopic (exact) mass is 496 g/mol. The van der Waals surface area contributed by atoms with Gasteiger partial charge in [-0.3, -0.25) is 4.79 Å². The fourth-order valence-corrected chi connectivity index (χ4v) is 4.45. The minimum atomic E-state index is -0.567. The van der Waals surface area contributed by atoms with Crippen molar-refractivity contribution in [3.05, 3.63) is 92.3 Å². The number of aromatic nitrogens is 2. The minimum Gasteiger partial charge on any atom is -0.434 e. The van der Waals surface area contributed by atoms with Gasteiger partial charge in [0.1, 0.15) is 0 Å². The summed E-state index contributed by atoms with van der Waals surface area (Å²) in [5.74, 6) is 0.285. The molecule has 0 bridgehead atoms. The van der Waals surface area contributed by atoms with Gasteiger partial charge in [0, 0.05) is 17.0 Å². The Morgan fingerprint density at radius 1 is 1.09 bits per heavy atom. The van der Waals surface area contributed by atoms with Gasteiger partial charge in [-0.2, -0.15) is 5.01 Å². The molecule has 0 unspecified atom stereocenters. The highest BCUT2D eigenvalue weighted by molar-refractivity contribution is 6.37. The molecule has 1 aliphatic carbocycles. The first kappa shape index (κ1) is 22.0. The number of hydrogen-bond donors (Lipinski definition) is 3. The Morgan fingerprint density at radius 3 is 2.41 bits per heavy atom. The first-order valence-electron chi connectivity index (χ1n) is 10.3. The lowest BCUT2D eigenvalue weighted by Gasteiger charge is -2.24. The van der Waals surface area contributed by atoms with Crippen LogP contribution >= 0.6 is 23.2 Å². The molecule has 3 aromatic rings. The van der Waals surface area contributed by atoms with Gasteiger partial charge in [0.05, 0.1) is 21.4 Å². The van der Waals surface area contributed by atoms with Gasteiger partial charge in [0.25, 0.3) is 5.56 Å². The molecule has 1 aliphatic heterocycles. The zero-order valence-corrected chi connectivity index (χ0v) is 19.2. The fourth-order valence-electron chi connectivity index (χ4n) is 3.90. The predicted molar refractivity (Wildman–Crippen MR) is 130 cm³/mol. The maximum atomic E-state index is 12.6. The van der Waals surface area contributed by atoms with Crippen LogP contribution in [0.3, 0.4) is 0 Å². The molecular weight excluding hydrogens is 479 g/mol. The molecule has 2 amide bonds. The van der Waals surface area contributed by atoms with Crippen LogP contribution in [-0.2, 0) is 5.41 Å². The largest absolute Gasteiger partial charge is 0.434 e. The topological polar surface area (TPSA) is 126 Å². The van der Waals surface area contributed by atoms with Crippen LogP contribution < -0.4 is 26.4 Å². The highest BCUT2D eigenvalue weighted by Crippen LogP contribution is 2.52. The van der Waals surface area contributed by atoms with Crippen molar-refractivity contribution in [2.75, 3.05) is 5.01 Å². The molecule has 4 N–H and O–H groups in total. The summed E-state index contributed by atoms with van der Waals surface area (Å²) in [6.45, 7) is 3.61. The van der Waals surface area contributed by atoms with E-state index in [2.05, 4.69) is 27.2 Å². The third-order valence-corrected chi connectivity index (χ3v) is 6.33. The maximum Gasteiger partial charge on any atom is 0.347 e. The fraction of sp³-hybridized carbons (Fsp3) is 0.130. The van der Waals surface area contributed by atoms with Gasteiger partial charge in [-0.15, -0.1) is 10.2 Å². The third kappa shape index (κ3) is 3.78. The number of nitrogens with one attached hydrogen (secondary N) is 2. The summed E-state index contributed by atoms with van der Waals surface area (Å²) in [7, 11) is 0. The number of hydrogen-bond acceptors (Lipinski definition) is 6. The van der Waals surface area contributed by atoms with Crippen molar-refractivity contribution in [2.45, 2.75) is 18.3 Å². The minimum absolute atomic E-state index is 0.0459. The Morgan fingerprint density at radius 2 is 1.76 bits per heavy atom. The van der Waals surface area contributed by atoms with E-state index in [-0.39, 0.29) is 49.9 Å². The molecule has 9 nitrogen and oxygen atoms in total. The zero-order chi connectivity index (χ0) is 24.0. The highest BCUT2D eigenvalue weighted by Gasteiger charge is 2.48. The normalized spacial score (nSPS) is 16.6. The summed E-state index contributed by atoms with van der Waals surface area (Å²) in [6.07, 6.45) is 1.68. The van der Waals surface area contributed by atoms with Crippen molar-refractivity contribution < 1.29 is 9.53 Å². The van der Waals surface area contributed by atoms with Crippen LogP contribution in [0.15, 0.2) is 70.7 Å². The average molecular weight is 497 g/mol. The molecule has 2 aromatic carbocycles. The predicted octanol–water partition coefficient (Wildman–Crippen LogP) is 4.26. The maximum absolute atomic E-state index is 12.6. The molecule has 34 heavy (non-hydrogen) atoms. The van der Waals surface area contributed by atoms with Crippen LogP contribution in [0.1, 0.15) is 24.0 Å². The SMILES string of the molecule is C=C1NC(=O)N(c2cc(Cl)c(Oc3cc(C4(c5ccccc5)CC4)c(=O)[nH]n3)c(Cl)c2)N=C1N. The summed E-state index contributed by atoms with van der Waals surface area (Å²) >= 11 is 12.8. The Hall–Kier alpha value is -3.82. The molecule has 2 aliphatic rings. The molecule has 172 valence electrons. The van der Waals surface area contributed by atoms with E-state index in [1.165, 1.54) is 12.1 Å². The summed E-state index contributed by atoms with van der Waals surface area (Å²) < 4.78 is 5.86. The van der Waals surface area contributed by atoms with Crippen LogP contribution in [0.2, 0.25) is 10.0 Å². The number of nitrogens with two attached hydrogens (primary N) is 1. The number of amidine groups is 1. The Labute approximate surface area is 203 Å². The molecule has 1 aromatic heterocycles. The number of H-pyrrole nitrogens is 1. The number of ether oxygens (including phenoxy) is 1. The number of amides is 2. The Bertz CT molecular complexity index is 1390. The Kier molecular flexibility index (Phi) is 5.30. The van der Waals surface area contributed by atoms with Crippen LogP contribution in [0, 0.1) is 0 Å². The van der Waals surface area contributed by atoms with E-state index in [1.807, 2.05) is 30.3 Å². The number of rotatable bonds is 5. The number of urea groups is 1. The molecule has 1 fully saturated rings.